The molecule has 4 nitrogen and oxygen atoms in total. The molecule has 1 saturated carbocycles. The number of hydrogen-bond donors (Lipinski definition) is 2. The SMILES string of the molecule is COc1cc(C(=NC2CCCCCC2)NN)ccc1C. The normalized spacial score (nSPS) is 17.6. The van der Waals surface area contributed by atoms with Gasteiger partial charge in [0.15, 0.2) is 0 Å². The highest BCUT2D eigenvalue weighted by molar-refractivity contribution is 5.98. The molecule has 0 heterocycles. The van der Waals surface area contributed by atoms with Crippen LogP contribution in [-0.4, -0.2) is 19.0 Å². The first kappa shape index (κ1) is 14.9. The summed E-state index contributed by atoms with van der Waals surface area (Å²) in [5.74, 6) is 7.30. The lowest BCUT2D eigenvalue weighted by Gasteiger charge is -2.14. The maximum atomic E-state index is 5.67. The van der Waals surface area contributed by atoms with E-state index in [0.29, 0.717) is 6.04 Å². The highest BCUT2D eigenvalue weighted by Crippen LogP contribution is 2.22. The molecule has 1 fully saturated rings. The van der Waals surface area contributed by atoms with Gasteiger partial charge in [-0.2, -0.15) is 0 Å². The number of hydrazine groups is 1. The summed E-state index contributed by atoms with van der Waals surface area (Å²) >= 11 is 0. The smallest absolute Gasteiger partial charge is 0.142 e. The number of rotatable bonds is 3. The Balaban J connectivity index is 2.21. The number of nitrogens with one attached hydrogen (secondary N) is 1. The van der Waals surface area contributed by atoms with Gasteiger partial charge in [0.05, 0.1) is 13.2 Å². The van der Waals surface area contributed by atoms with Crippen molar-refractivity contribution in [2.24, 2.45) is 10.8 Å². The van der Waals surface area contributed by atoms with Gasteiger partial charge in [0, 0.05) is 5.56 Å². The third kappa shape index (κ3) is 3.73. The number of ether oxygens (including phenoxy) is 1. The molecule has 1 aromatic carbocycles. The number of benzene rings is 1. The third-order valence-electron chi connectivity index (χ3n) is 3.95. The fraction of sp³-hybridized carbons (Fsp3) is 0.562. The Morgan fingerprint density at radius 1 is 1.25 bits per heavy atom. The van der Waals surface area contributed by atoms with Crippen LogP contribution in [0, 0.1) is 6.92 Å². The van der Waals surface area contributed by atoms with E-state index in [1.165, 1.54) is 25.7 Å². The van der Waals surface area contributed by atoms with Crippen molar-refractivity contribution in [1.82, 2.24) is 5.43 Å². The summed E-state index contributed by atoms with van der Waals surface area (Å²) in [7, 11) is 1.68. The second-order valence-electron chi connectivity index (χ2n) is 5.45. The molecule has 0 bridgehead atoms. The third-order valence-corrected chi connectivity index (χ3v) is 3.95. The number of amidine groups is 1. The van der Waals surface area contributed by atoms with Gasteiger partial charge in [-0.1, -0.05) is 37.8 Å². The highest BCUT2D eigenvalue weighted by atomic mass is 16.5. The molecule has 0 aromatic heterocycles. The summed E-state index contributed by atoms with van der Waals surface area (Å²) < 4.78 is 5.37. The van der Waals surface area contributed by atoms with Crippen LogP contribution in [0.3, 0.4) is 0 Å². The lowest BCUT2D eigenvalue weighted by atomic mass is 10.1. The maximum Gasteiger partial charge on any atom is 0.142 e. The topological polar surface area (TPSA) is 59.6 Å². The van der Waals surface area contributed by atoms with E-state index in [-0.39, 0.29) is 0 Å². The summed E-state index contributed by atoms with van der Waals surface area (Å²) in [6.07, 6.45) is 7.51. The van der Waals surface area contributed by atoms with Gasteiger partial charge in [0.25, 0.3) is 0 Å². The van der Waals surface area contributed by atoms with Crippen LogP contribution in [0.5, 0.6) is 5.75 Å². The molecule has 0 unspecified atom stereocenters. The fourth-order valence-electron chi connectivity index (χ4n) is 2.73. The standard InChI is InChI=1S/C16H25N3O/c1-12-9-10-13(11-15(12)20-2)16(19-17)18-14-7-5-3-4-6-8-14/h9-11,14H,3-8,17H2,1-2H3,(H,18,19). The van der Waals surface area contributed by atoms with Crippen LogP contribution in [0.4, 0.5) is 0 Å². The molecule has 4 heteroatoms. The average molecular weight is 275 g/mol. The molecule has 0 radical (unpaired) electrons. The Labute approximate surface area is 121 Å². The first-order chi connectivity index (χ1) is 9.74. The van der Waals surface area contributed by atoms with Gasteiger partial charge >= 0.3 is 0 Å². The zero-order valence-electron chi connectivity index (χ0n) is 12.5. The molecule has 0 aliphatic heterocycles. The van der Waals surface area contributed by atoms with Crippen LogP contribution in [0.1, 0.15) is 49.7 Å². The van der Waals surface area contributed by atoms with Crippen molar-refractivity contribution >= 4 is 5.84 Å². The van der Waals surface area contributed by atoms with E-state index in [9.17, 15) is 0 Å². The van der Waals surface area contributed by atoms with E-state index in [1.807, 2.05) is 25.1 Å². The zero-order chi connectivity index (χ0) is 14.4. The van der Waals surface area contributed by atoms with Crippen molar-refractivity contribution in [3.8, 4) is 5.75 Å². The molecular weight excluding hydrogens is 250 g/mol. The van der Waals surface area contributed by atoms with Crippen molar-refractivity contribution in [3.63, 3.8) is 0 Å². The van der Waals surface area contributed by atoms with Gasteiger partial charge in [0.1, 0.15) is 11.6 Å². The van der Waals surface area contributed by atoms with Crippen LogP contribution >= 0.6 is 0 Å². The predicted molar refractivity (Wildman–Crippen MR) is 83.1 cm³/mol. The van der Waals surface area contributed by atoms with Gasteiger partial charge in [-0.05, 0) is 31.4 Å². The maximum absolute atomic E-state index is 5.67. The van der Waals surface area contributed by atoms with Gasteiger partial charge < -0.3 is 10.2 Å². The molecule has 0 spiro atoms. The lowest BCUT2D eigenvalue weighted by Crippen LogP contribution is -2.32. The molecule has 1 aliphatic carbocycles. The van der Waals surface area contributed by atoms with Gasteiger partial charge in [-0.15, -0.1) is 0 Å². The van der Waals surface area contributed by atoms with E-state index in [2.05, 4.69) is 5.43 Å². The van der Waals surface area contributed by atoms with Crippen LogP contribution in [0.15, 0.2) is 23.2 Å². The zero-order valence-corrected chi connectivity index (χ0v) is 12.5. The molecule has 1 aliphatic rings. The number of aliphatic imine (C=N–C) groups is 1. The van der Waals surface area contributed by atoms with Crippen molar-refractivity contribution in [2.45, 2.75) is 51.5 Å². The molecule has 0 saturated heterocycles. The fourth-order valence-corrected chi connectivity index (χ4v) is 2.73. The average Bonchev–Trinajstić information content (AvgIpc) is 2.74. The number of methoxy groups -OCH3 is 1. The van der Waals surface area contributed by atoms with Crippen LogP contribution in [0.25, 0.3) is 0 Å². The van der Waals surface area contributed by atoms with Gasteiger partial charge in [-0.3, -0.25) is 4.99 Å². The molecule has 0 atom stereocenters. The van der Waals surface area contributed by atoms with Crippen molar-refractivity contribution in [2.75, 3.05) is 7.11 Å². The lowest BCUT2D eigenvalue weighted by molar-refractivity contribution is 0.411. The molecule has 3 N–H and O–H groups in total. The van der Waals surface area contributed by atoms with E-state index in [1.54, 1.807) is 7.11 Å². The molecule has 2 rings (SSSR count). The van der Waals surface area contributed by atoms with Crippen molar-refractivity contribution < 1.29 is 4.74 Å². The minimum atomic E-state index is 0.385. The summed E-state index contributed by atoms with van der Waals surface area (Å²) in [6, 6.07) is 6.45. The summed E-state index contributed by atoms with van der Waals surface area (Å²) in [4.78, 5) is 4.81. The van der Waals surface area contributed by atoms with Crippen LogP contribution in [0.2, 0.25) is 0 Å². The van der Waals surface area contributed by atoms with Crippen LogP contribution < -0.4 is 16.0 Å². The minimum Gasteiger partial charge on any atom is -0.496 e. The van der Waals surface area contributed by atoms with Crippen LogP contribution in [-0.2, 0) is 0 Å². The Morgan fingerprint density at radius 3 is 2.55 bits per heavy atom. The van der Waals surface area contributed by atoms with E-state index < -0.39 is 0 Å². The Kier molecular flexibility index (Phi) is 5.41. The van der Waals surface area contributed by atoms with Crippen molar-refractivity contribution in [3.05, 3.63) is 29.3 Å². The molecule has 0 amide bonds. The van der Waals surface area contributed by atoms with Gasteiger partial charge in [0.2, 0.25) is 0 Å². The van der Waals surface area contributed by atoms with E-state index in [4.69, 9.17) is 15.6 Å². The number of nitrogens with zero attached hydrogens (tertiary/aromatic N) is 1. The molecular formula is C16H25N3O. The number of aryl methyl sites for hydroxylation is 1. The summed E-state index contributed by atoms with van der Waals surface area (Å²) in [5, 5.41) is 0. The first-order valence-corrected chi connectivity index (χ1v) is 7.44. The van der Waals surface area contributed by atoms with E-state index in [0.717, 1.165) is 35.6 Å². The monoisotopic (exact) mass is 275 g/mol. The molecule has 1 aromatic rings. The first-order valence-electron chi connectivity index (χ1n) is 7.44. The Hall–Kier alpha value is -1.55. The second-order valence-corrected chi connectivity index (χ2v) is 5.45. The second kappa shape index (κ2) is 7.29. The molecule has 110 valence electrons. The predicted octanol–water partition coefficient (Wildman–Crippen LogP) is 2.94. The van der Waals surface area contributed by atoms with Gasteiger partial charge in [-0.25, -0.2) is 5.84 Å². The quantitative estimate of drug-likeness (QED) is 0.293. The summed E-state index contributed by atoms with van der Waals surface area (Å²) in [6.45, 7) is 2.03. The van der Waals surface area contributed by atoms with Crippen molar-refractivity contribution in [1.29, 1.82) is 0 Å². The summed E-state index contributed by atoms with van der Waals surface area (Å²) in [5.41, 5.74) is 4.85. The molecule has 20 heavy (non-hydrogen) atoms. The number of hydrogen-bond acceptors (Lipinski definition) is 3. The minimum absolute atomic E-state index is 0.385. The Morgan fingerprint density at radius 2 is 1.95 bits per heavy atom. The van der Waals surface area contributed by atoms with E-state index >= 15 is 0 Å². The highest BCUT2D eigenvalue weighted by Gasteiger charge is 2.13. The number of nitrogens with two attached hydrogens (primary N) is 1. The Bertz CT molecular complexity index is 463. The largest absolute Gasteiger partial charge is 0.496 e.